The lowest BCUT2D eigenvalue weighted by Gasteiger charge is -2.37. The molecule has 1 saturated heterocycles. The quantitative estimate of drug-likeness (QED) is 0.852. The van der Waals surface area contributed by atoms with Crippen LogP contribution in [0.3, 0.4) is 0 Å². The van der Waals surface area contributed by atoms with Gasteiger partial charge in [-0.1, -0.05) is 41.9 Å². The fourth-order valence-electron chi connectivity index (χ4n) is 3.10. The van der Waals surface area contributed by atoms with E-state index in [0.717, 1.165) is 44.0 Å². The van der Waals surface area contributed by atoms with Crippen molar-refractivity contribution in [3.63, 3.8) is 0 Å². The number of carbonyl (C=O) groups excluding carboxylic acids is 1. The van der Waals surface area contributed by atoms with Crippen molar-refractivity contribution in [3.8, 4) is 0 Å². The number of nitrogens with zero attached hydrogens (tertiary/aromatic N) is 3. The Kier molecular flexibility index (Phi) is 4.60. The first-order valence-electron chi connectivity index (χ1n) is 8.05. The first kappa shape index (κ1) is 16.3. The van der Waals surface area contributed by atoms with E-state index in [0.29, 0.717) is 11.4 Å². The van der Waals surface area contributed by atoms with Gasteiger partial charge in [-0.3, -0.25) is 4.79 Å². The zero-order valence-corrected chi connectivity index (χ0v) is 14.3. The van der Waals surface area contributed by atoms with Crippen molar-refractivity contribution in [3.05, 3.63) is 34.9 Å². The lowest BCUT2D eigenvalue weighted by molar-refractivity contribution is -0.155. The third-order valence-corrected chi connectivity index (χ3v) is 4.94. The molecule has 1 fully saturated rings. The molecule has 0 radical (unpaired) electrons. The summed E-state index contributed by atoms with van der Waals surface area (Å²) in [7, 11) is 0. The number of rotatable bonds is 3. The van der Waals surface area contributed by atoms with E-state index < -0.39 is 5.60 Å². The zero-order valence-electron chi connectivity index (χ0n) is 13.6. The van der Waals surface area contributed by atoms with Crippen LogP contribution in [0, 0.1) is 0 Å². The summed E-state index contributed by atoms with van der Waals surface area (Å²) in [6.45, 7) is 8.29. The lowest BCUT2D eigenvalue weighted by Crippen LogP contribution is -2.54. The van der Waals surface area contributed by atoms with E-state index in [-0.39, 0.29) is 5.91 Å². The standard InChI is InChI=1S/C17H22ClN3O2/c1-3-20-8-10-21(11-9-20)16(22)17(2)12-15(19-23-17)13-6-4-5-7-14(13)18/h4-7H,3,8-12H2,1-2H3. The van der Waals surface area contributed by atoms with Crippen LogP contribution < -0.4 is 0 Å². The summed E-state index contributed by atoms with van der Waals surface area (Å²) >= 11 is 6.22. The largest absolute Gasteiger partial charge is 0.379 e. The van der Waals surface area contributed by atoms with E-state index in [1.165, 1.54) is 0 Å². The molecular formula is C17H22ClN3O2. The van der Waals surface area contributed by atoms with Gasteiger partial charge in [-0.25, -0.2) is 0 Å². The van der Waals surface area contributed by atoms with Gasteiger partial charge in [-0.05, 0) is 19.5 Å². The lowest BCUT2D eigenvalue weighted by atomic mass is 9.94. The van der Waals surface area contributed by atoms with Gasteiger partial charge < -0.3 is 14.6 Å². The van der Waals surface area contributed by atoms with Crippen LogP contribution in [0.1, 0.15) is 25.8 Å². The molecule has 3 rings (SSSR count). The third-order valence-electron chi connectivity index (χ3n) is 4.61. The highest BCUT2D eigenvalue weighted by Gasteiger charge is 2.45. The summed E-state index contributed by atoms with van der Waals surface area (Å²) in [6.07, 6.45) is 0.448. The van der Waals surface area contributed by atoms with E-state index in [4.69, 9.17) is 16.4 Å². The molecule has 0 aliphatic carbocycles. The second kappa shape index (κ2) is 6.49. The molecule has 2 aliphatic rings. The minimum absolute atomic E-state index is 0.0130. The van der Waals surface area contributed by atoms with E-state index in [1.54, 1.807) is 0 Å². The molecule has 6 heteroatoms. The fourth-order valence-corrected chi connectivity index (χ4v) is 3.34. The summed E-state index contributed by atoms with van der Waals surface area (Å²) < 4.78 is 0. The summed E-state index contributed by atoms with van der Waals surface area (Å²) in [5, 5.41) is 4.77. The first-order valence-corrected chi connectivity index (χ1v) is 8.43. The highest BCUT2D eigenvalue weighted by Crippen LogP contribution is 2.31. The normalized spacial score (nSPS) is 25.2. The summed E-state index contributed by atoms with van der Waals surface area (Å²) in [4.78, 5) is 22.6. The molecule has 124 valence electrons. The highest BCUT2D eigenvalue weighted by atomic mass is 35.5. The average molecular weight is 336 g/mol. The van der Waals surface area contributed by atoms with Crippen molar-refractivity contribution >= 4 is 23.2 Å². The summed E-state index contributed by atoms with van der Waals surface area (Å²) in [6, 6.07) is 7.51. The Morgan fingerprint density at radius 2 is 2.00 bits per heavy atom. The predicted octanol–water partition coefficient (Wildman–Crippen LogP) is 2.39. The minimum Gasteiger partial charge on any atom is -0.379 e. The molecule has 1 unspecified atom stereocenters. The maximum atomic E-state index is 12.9. The number of hydrogen-bond acceptors (Lipinski definition) is 4. The summed E-state index contributed by atoms with van der Waals surface area (Å²) in [5.74, 6) is 0.0130. The molecule has 2 aliphatic heterocycles. The Bertz CT molecular complexity index is 626. The molecule has 2 heterocycles. The van der Waals surface area contributed by atoms with Gasteiger partial charge in [0, 0.05) is 43.2 Å². The molecule has 1 atom stereocenters. The molecule has 23 heavy (non-hydrogen) atoms. The minimum atomic E-state index is -0.928. The monoisotopic (exact) mass is 335 g/mol. The average Bonchev–Trinajstić information content (AvgIpc) is 2.98. The fraction of sp³-hybridized carbons (Fsp3) is 0.529. The van der Waals surface area contributed by atoms with Crippen LogP contribution in [0.5, 0.6) is 0 Å². The topological polar surface area (TPSA) is 45.1 Å². The Morgan fingerprint density at radius 3 is 2.65 bits per heavy atom. The van der Waals surface area contributed by atoms with Crippen LogP contribution in [0.25, 0.3) is 0 Å². The van der Waals surface area contributed by atoms with Gasteiger partial charge in [0.25, 0.3) is 5.91 Å². The smallest absolute Gasteiger partial charge is 0.269 e. The molecule has 1 aromatic carbocycles. The van der Waals surface area contributed by atoms with Crippen LogP contribution in [-0.2, 0) is 9.63 Å². The Labute approximate surface area is 141 Å². The molecule has 1 aromatic rings. The maximum absolute atomic E-state index is 12.9. The van der Waals surface area contributed by atoms with E-state index in [9.17, 15) is 4.79 Å². The van der Waals surface area contributed by atoms with E-state index >= 15 is 0 Å². The van der Waals surface area contributed by atoms with Crippen LogP contribution in [0.15, 0.2) is 29.4 Å². The van der Waals surface area contributed by atoms with Crippen LogP contribution in [-0.4, -0.2) is 59.7 Å². The molecule has 0 aromatic heterocycles. The van der Waals surface area contributed by atoms with Crippen molar-refractivity contribution in [2.75, 3.05) is 32.7 Å². The van der Waals surface area contributed by atoms with Crippen LogP contribution in [0.2, 0.25) is 5.02 Å². The Morgan fingerprint density at radius 1 is 1.30 bits per heavy atom. The van der Waals surface area contributed by atoms with E-state index in [2.05, 4.69) is 17.0 Å². The van der Waals surface area contributed by atoms with Gasteiger partial charge in [0.2, 0.25) is 5.60 Å². The third kappa shape index (κ3) is 3.21. The zero-order chi connectivity index (χ0) is 16.4. The molecule has 5 nitrogen and oxygen atoms in total. The number of carbonyl (C=O) groups is 1. The first-order chi connectivity index (χ1) is 11.0. The van der Waals surface area contributed by atoms with Crippen molar-refractivity contribution in [2.45, 2.75) is 25.9 Å². The van der Waals surface area contributed by atoms with Crippen molar-refractivity contribution < 1.29 is 9.63 Å². The van der Waals surface area contributed by atoms with Gasteiger partial charge in [0.15, 0.2) is 0 Å². The molecule has 1 amide bonds. The van der Waals surface area contributed by atoms with Crippen molar-refractivity contribution in [2.24, 2.45) is 5.16 Å². The number of benzene rings is 1. The van der Waals surface area contributed by atoms with Gasteiger partial charge in [-0.15, -0.1) is 0 Å². The molecule has 0 spiro atoms. The maximum Gasteiger partial charge on any atom is 0.269 e. The molecule has 0 saturated carbocycles. The number of likely N-dealkylation sites (N-methyl/N-ethyl adjacent to an activating group) is 1. The van der Waals surface area contributed by atoms with Gasteiger partial charge in [-0.2, -0.15) is 0 Å². The van der Waals surface area contributed by atoms with Crippen molar-refractivity contribution in [1.29, 1.82) is 0 Å². The van der Waals surface area contributed by atoms with Crippen molar-refractivity contribution in [1.82, 2.24) is 9.80 Å². The number of piperazine rings is 1. The molecule has 0 bridgehead atoms. The Balaban J connectivity index is 1.68. The number of amides is 1. The van der Waals surface area contributed by atoms with Crippen LogP contribution in [0.4, 0.5) is 0 Å². The predicted molar refractivity (Wildman–Crippen MR) is 90.8 cm³/mol. The second-order valence-electron chi connectivity index (χ2n) is 6.24. The van der Waals surface area contributed by atoms with Gasteiger partial charge in [0.05, 0.1) is 5.71 Å². The second-order valence-corrected chi connectivity index (χ2v) is 6.65. The number of hydrogen-bond donors (Lipinski definition) is 0. The molecule has 0 N–H and O–H groups in total. The number of halogens is 1. The van der Waals surface area contributed by atoms with Gasteiger partial charge in [0.1, 0.15) is 0 Å². The molecular weight excluding hydrogens is 314 g/mol. The van der Waals surface area contributed by atoms with Crippen LogP contribution >= 0.6 is 11.6 Å². The number of oxime groups is 1. The Hall–Kier alpha value is -1.59. The van der Waals surface area contributed by atoms with E-state index in [1.807, 2.05) is 36.1 Å². The highest BCUT2D eigenvalue weighted by molar-refractivity contribution is 6.34. The summed E-state index contributed by atoms with van der Waals surface area (Å²) in [5.41, 5.74) is 0.642. The SMILES string of the molecule is CCN1CCN(C(=O)C2(C)CC(c3ccccc3Cl)=NO2)CC1. The van der Waals surface area contributed by atoms with Gasteiger partial charge >= 0.3 is 0 Å².